The van der Waals surface area contributed by atoms with Crippen molar-refractivity contribution >= 4 is 21.4 Å². The lowest BCUT2D eigenvalue weighted by molar-refractivity contribution is 0.630. The predicted octanol–water partition coefficient (Wildman–Crippen LogP) is 4.68. The number of thiophene rings is 1. The average molecular weight is 210 g/mol. The van der Waals surface area contributed by atoms with E-state index in [1.807, 2.05) is 26.8 Å². The maximum atomic E-state index is 12.8. The van der Waals surface area contributed by atoms with Crippen LogP contribution in [0, 0.1) is 19.7 Å². The first-order chi connectivity index (χ1) is 6.68. The van der Waals surface area contributed by atoms with E-state index < -0.39 is 0 Å². The smallest absolute Gasteiger partial charge is 0.123 e. The van der Waals surface area contributed by atoms with Crippen LogP contribution in [-0.4, -0.2) is 0 Å². The van der Waals surface area contributed by atoms with Gasteiger partial charge in [0.25, 0.3) is 0 Å². The monoisotopic (exact) mass is 210 g/mol. The molecule has 0 fully saturated rings. The van der Waals surface area contributed by atoms with Crippen LogP contribution in [0.15, 0.2) is 18.2 Å². The van der Waals surface area contributed by atoms with Crippen molar-refractivity contribution in [1.82, 2.24) is 0 Å². The molecule has 14 heavy (non-hydrogen) atoms. The Morgan fingerprint density at radius 3 is 2.43 bits per heavy atom. The minimum absolute atomic E-state index is 0.150. The van der Waals surface area contributed by atoms with E-state index in [1.165, 1.54) is 21.2 Å². The zero-order valence-electron chi connectivity index (χ0n) is 9.02. The lowest BCUT2D eigenvalue weighted by Gasteiger charge is -1.91. The second-order valence-electron chi connectivity index (χ2n) is 2.92. The molecular weight excluding hydrogens is 195 g/mol. The molecule has 1 heterocycles. The van der Waals surface area contributed by atoms with Gasteiger partial charge >= 0.3 is 0 Å². The summed E-state index contributed by atoms with van der Waals surface area (Å²) in [6.45, 7) is 8.10. The van der Waals surface area contributed by atoms with Crippen molar-refractivity contribution in [1.29, 1.82) is 0 Å². The van der Waals surface area contributed by atoms with Gasteiger partial charge in [0.2, 0.25) is 0 Å². The van der Waals surface area contributed by atoms with Gasteiger partial charge in [-0.1, -0.05) is 13.8 Å². The van der Waals surface area contributed by atoms with Crippen LogP contribution in [0.3, 0.4) is 0 Å². The SMILES string of the molecule is CC.Cc1sc2ccc(F)cc2c1C. The number of benzene rings is 1. The molecule has 0 saturated carbocycles. The minimum atomic E-state index is -0.150. The molecular formula is C12H15FS. The zero-order chi connectivity index (χ0) is 10.7. The third-order valence-electron chi connectivity index (χ3n) is 2.14. The van der Waals surface area contributed by atoms with Crippen LogP contribution in [-0.2, 0) is 0 Å². The highest BCUT2D eigenvalue weighted by molar-refractivity contribution is 7.19. The number of hydrogen-bond acceptors (Lipinski definition) is 1. The lowest BCUT2D eigenvalue weighted by atomic mass is 10.1. The van der Waals surface area contributed by atoms with Gasteiger partial charge in [-0.15, -0.1) is 11.3 Å². The van der Waals surface area contributed by atoms with Gasteiger partial charge in [-0.05, 0) is 43.0 Å². The Morgan fingerprint density at radius 2 is 1.79 bits per heavy atom. The van der Waals surface area contributed by atoms with Gasteiger partial charge in [0.05, 0.1) is 0 Å². The zero-order valence-corrected chi connectivity index (χ0v) is 9.83. The summed E-state index contributed by atoms with van der Waals surface area (Å²) in [6.07, 6.45) is 0. The second kappa shape index (κ2) is 4.56. The summed E-state index contributed by atoms with van der Waals surface area (Å²) >= 11 is 1.72. The molecule has 0 aliphatic carbocycles. The number of hydrogen-bond donors (Lipinski definition) is 0. The molecule has 2 rings (SSSR count). The molecule has 0 atom stereocenters. The van der Waals surface area contributed by atoms with E-state index in [2.05, 4.69) is 6.92 Å². The highest BCUT2D eigenvalue weighted by Crippen LogP contribution is 2.30. The van der Waals surface area contributed by atoms with Crippen molar-refractivity contribution < 1.29 is 4.39 Å². The number of halogens is 1. The molecule has 0 radical (unpaired) electrons. The van der Waals surface area contributed by atoms with Crippen molar-refractivity contribution in [2.45, 2.75) is 27.7 Å². The van der Waals surface area contributed by atoms with Gasteiger partial charge < -0.3 is 0 Å². The maximum absolute atomic E-state index is 12.8. The Labute approximate surface area is 88.4 Å². The van der Waals surface area contributed by atoms with Crippen LogP contribution in [0.25, 0.3) is 10.1 Å². The largest absolute Gasteiger partial charge is 0.207 e. The van der Waals surface area contributed by atoms with E-state index in [-0.39, 0.29) is 5.82 Å². The van der Waals surface area contributed by atoms with E-state index in [0.717, 1.165) is 5.39 Å². The van der Waals surface area contributed by atoms with E-state index in [4.69, 9.17) is 0 Å². The van der Waals surface area contributed by atoms with Gasteiger partial charge in [-0.2, -0.15) is 0 Å². The average Bonchev–Trinajstić information content (AvgIpc) is 2.48. The van der Waals surface area contributed by atoms with Gasteiger partial charge in [0.15, 0.2) is 0 Å². The van der Waals surface area contributed by atoms with Crippen molar-refractivity contribution in [3.05, 3.63) is 34.5 Å². The summed E-state index contributed by atoms with van der Waals surface area (Å²) in [5.74, 6) is -0.150. The molecule has 0 N–H and O–H groups in total. The first-order valence-electron chi connectivity index (χ1n) is 4.84. The van der Waals surface area contributed by atoms with Crippen LogP contribution < -0.4 is 0 Å². The lowest BCUT2D eigenvalue weighted by Crippen LogP contribution is -1.73. The summed E-state index contributed by atoms with van der Waals surface area (Å²) in [4.78, 5) is 1.27. The van der Waals surface area contributed by atoms with Gasteiger partial charge in [0, 0.05) is 9.58 Å². The summed E-state index contributed by atoms with van der Waals surface area (Å²) in [5.41, 5.74) is 1.20. The fourth-order valence-electron chi connectivity index (χ4n) is 1.32. The highest BCUT2D eigenvalue weighted by Gasteiger charge is 2.04. The Kier molecular flexibility index (Phi) is 3.64. The molecule has 1 aromatic heterocycles. The normalized spacial score (nSPS) is 9.79. The molecule has 0 aliphatic heterocycles. The summed E-state index contributed by atoms with van der Waals surface area (Å²) in [6, 6.07) is 4.96. The van der Waals surface area contributed by atoms with E-state index in [9.17, 15) is 4.39 Å². The van der Waals surface area contributed by atoms with Gasteiger partial charge in [-0.25, -0.2) is 4.39 Å². The van der Waals surface area contributed by atoms with Crippen molar-refractivity contribution in [3.8, 4) is 0 Å². The predicted molar refractivity (Wildman–Crippen MR) is 62.6 cm³/mol. The molecule has 0 spiro atoms. The summed E-state index contributed by atoms with van der Waals surface area (Å²) in [5, 5.41) is 1.05. The quantitative estimate of drug-likeness (QED) is 0.592. The fourth-order valence-corrected chi connectivity index (χ4v) is 2.37. The van der Waals surface area contributed by atoms with Crippen molar-refractivity contribution in [3.63, 3.8) is 0 Å². The molecule has 0 nitrogen and oxygen atoms in total. The highest BCUT2D eigenvalue weighted by atomic mass is 32.1. The minimum Gasteiger partial charge on any atom is -0.207 e. The summed E-state index contributed by atoms with van der Waals surface area (Å²) in [7, 11) is 0. The third kappa shape index (κ3) is 1.95. The first-order valence-corrected chi connectivity index (χ1v) is 5.65. The molecule has 0 saturated heterocycles. The molecule has 0 aliphatic rings. The summed E-state index contributed by atoms with van der Waals surface area (Å²) < 4.78 is 14.0. The Morgan fingerprint density at radius 1 is 1.14 bits per heavy atom. The van der Waals surface area contributed by atoms with Crippen molar-refractivity contribution in [2.75, 3.05) is 0 Å². The number of fused-ring (bicyclic) bond motifs is 1. The molecule has 2 heteroatoms. The van der Waals surface area contributed by atoms with E-state index >= 15 is 0 Å². The third-order valence-corrected chi connectivity index (χ3v) is 3.33. The van der Waals surface area contributed by atoms with Gasteiger partial charge in [-0.3, -0.25) is 0 Å². The molecule has 0 amide bonds. The van der Waals surface area contributed by atoms with Crippen LogP contribution >= 0.6 is 11.3 Å². The number of rotatable bonds is 0. The Bertz CT molecular complexity index is 429. The van der Waals surface area contributed by atoms with E-state index in [1.54, 1.807) is 17.4 Å². The first kappa shape index (κ1) is 11.2. The fraction of sp³-hybridized carbons (Fsp3) is 0.333. The Balaban J connectivity index is 0.000000461. The molecule has 0 bridgehead atoms. The molecule has 0 unspecified atom stereocenters. The standard InChI is InChI=1S/C10H9FS.C2H6/c1-6-7(2)12-10-4-3-8(11)5-9(6)10;1-2/h3-5H,1-2H3;1-2H3. The van der Waals surface area contributed by atoms with E-state index in [0.29, 0.717) is 0 Å². The molecule has 76 valence electrons. The number of aryl methyl sites for hydroxylation is 2. The molecule has 1 aromatic carbocycles. The van der Waals surface area contributed by atoms with Crippen LogP contribution in [0.1, 0.15) is 24.3 Å². The second-order valence-corrected chi connectivity index (χ2v) is 4.18. The van der Waals surface area contributed by atoms with Crippen LogP contribution in [0.2, 0.25) is 0 Å². The van der Waals surface area contributed by atoms with Crippen LogP contribution in [0.4, 0.5) is 4.39 Å². The van der Waals surface area contributed by atoms with Gasteiger partial charge in [0.1, 0.15) is 5.82 Å². The maximum Gasteiger partial charge on any atom is 0.123 e. The van der Waals surface area contributed by atoms with Crippen LogP contribution in [0.5, 0.6) is 0 Å². The van der Waals surface area contributed by atoms with Crippen molar-refractivity contribution in [2.24, 2.45) is 0 Å². The topological polar surface area (TPSA) is 0 Å². The molecule has 2 aromatic rings. The Hall–Kier alpha value is -0.890.